The van der Waals surface area contributed by atoms with E-state index in [1.165, 1.54) is 16.7 Å². The van der Waals surface area contributed by atoms with Crippen molar-refractivity contribution in [2.45, 2.75) is 46.6 Å². The van der Waals surface area contributed by atoms with Gasteiger partial charge in [0.05, 0.1) is 0 Å². The zero-order chi connectivity index (χ0) is 14.5. The van der Waals surface area contributed by atoms with Gasteiger partial charge in [0.1, 0.15) is 0 Å². The lowest BCUT2D eigenvalue weighted by Gasteiger charge is -2.07. The highest BCUT2D eigenvalue weighted by molar-refractivity contribution is 5.30. The maximum atomic E-state index is 5.31. The Morgan fingerprint density at radius 3 is 2.55 bits per heavy atom. The van der Waals surface area contributed by atoms with Gasteiger partial charge in [-0.1, -0.05) is 41.4 Å². The number of hydrogen-bond donors (Lipinski definition) is 1. The third kappa shape index (κ3) is 4.17. The smallest absolute Gasteiger partial charge is 0.228 e. The predicted molar refractivity (Wildman–Crippen MR) is 79.9 cm³/mol. The van der Waals surface area contributed by atoms with E-state index in [-0.39, 0.29) is 0 Å². The van der Waals surface area contributed by atoms with Crippen LogP contribution in [0.2, 0.25) is 0 Å². The lowest BCUT2D eigenvalue weighted by Crippen LogP contribution is -2.27. The Bertz CT molecular complexity index is 542. The highest BCUT2D eigenvalue weighted by Gasteiger charge is 2.10. The number of benzene rings is 1. The first-order chi connectivity index (χ1) is 9.56. The summed E-state index contributed by atoms with van der Waals surface area (Å²) in [7, 11) is 0. The van der Waals surface area contributed by atoms with Crippen LogP contribution >= 0.6 is 0 Å². The Hall–Kier alpha value is -1.68. The molecular weight excluding hydrogens is 250 g/mol. The van der Waals surface area contributed by atoms with Gasteiger partial charge in [-0.2, -0.15) is 4.98 Å². The lowest BCUT2D eigenvalue weighted by molar-refractivity contribution is 0.359. The molecule has 0 spiro atoms. The molecule has 1 aromatic carbocycles. The molecule has 20 heavy (non-hydrogen) atoms. The average Bonchev–Trinajstić information content (AvgIpc) is 2.75. The van der Waals surface area contributed by atoms with E-state index in [4.69, 9.17) is 4.52 Å². The molecule has 0 aliphatic heterocycles. The van der Waals surface area contributed by atoms with Gasteiger partial charge in [0.15, 0.2) is 5.82 Å². The number of likely N-dealkylation sites (N-methyl/N-ethyl adjacent to an activating group) is 1. The molecule has 2 rings (SSSR count). The molecule has 1 atom stereocenters. The highest BCUT2D eigenvalue weighted by atomic mass is 16.5. The number of rotatable bonds is 6. The van der Waals surface area contributed by atoms with Crippen LogP contribution < -0.4 is 5.32 Å². The van der Waals surface area contributed by atoms with E-state index in [9.17, 15) is 0 Å². The number of hydrogen-bond acceptors (Lipinski definition) is 4. The maximum absolute atomic E-state index is 5.31. The number of nitrogens with zero attached hydrogens (tertiary/aromatic N) is 2. The van der Waals surface area contributed by atoms with Crippen molar-refractivity contribution in [1.82, 2.24) is 15.5 Å². The average molecular weight is 273 g/mol. The lowest BCUT2D eigenvalue weighted by atomic mass is 10.1. The van der Waals surface area contributed by atoms with Crippen LogP contribution in [0.15, 0.2) is 22.7 Å². The zero-order valence-electron chi connectivity index (χ0n) is 12.7. The van der Waals surface area contributed by atoms with E-state index in [0.717, 1.165) is 25.2 Å². The minimum atomic E-state index is 0.356. The van der Waals surface area contributed by atoms with E-state index < -0.39 is 0 Å². The standard InChI is InChI=1S/C16H23N3O/c1-5-17-13(4)9-16-18-15(19-20-16)10-14-7-11(2)6-12(3)8-14/h6-8,13,17H,5,9-10H2,1-4H3. The van der Waals surface area contributed by atoms with E-state index in [0.29, 0.717) is 11.9 Å². The minimum Gasteiger partial charge on any atom is -0.339 e. The van der Waals surface area contributed by atoms with Crippen LogP contribution in [0.1, 0.15) is 42.3 Å². The molecule has 1 N–H and O–H groups in total. The minimum absolute atomic E-state index is 0.356. The molecule has 0 saturated heterocycles. The summed E-state index contributed by atoms with van der Waals surface area (Å²) in [4.78, 5) is 4.47. The third-order valence-electron chi connectivity index (χ3n) is 3.19. The van der Waals surface area contributed by atoms with E-state index in [2.05, 4.69) is 61.4 Å². The molecule has 0 fully saturated rings. The molecule has 2 aromatic rings. The predicted octanol–water partition coefficient (Wildman–Crippen LogP) is 2.82. The molecule has 1 aromatic heterocycles. The fourth-order valence-corrected chi connectivity index (χ4v) is 2.48. The highest BCUT2D eigenvalue weighted by Crippen LogP contribution is 2.12. The first-order valence-corrected chi connectivity index (χ1v) is 7.19. The van der Waals surface area contributed by atoms with Gasteiger partial charge >= 0.3 is 0 Å². The Balaban J connectivity index is 2.02. The van der Waals surface area contributed by atoms with Gasteiger partial charge in [0.25, 0.3) is 0 Å². The van der Waals surface area contributed by atoms with Crippen LogP contribution in [0.5, 0.6) is 0 Å². The van der Waals surface area contributed by atoms with Crippen molar-refractivity contribution in [3.8, 4) is 0 Å². The number of aromatic nitrogens is 2. The molecular formula is C16H23N3O. The molecule has 0 saturated carbocycles. The zero-order valence-corrected chi connectivity index (χ0v) is 12.7. The van der Waals surface area contributed by atoms with Crippen molar-refractivity contribution in [3.63, 3.8) is 0 Å². The van der Waals surface area contributed by atoms with Crippen molar-refractivity contribution < 1.29 is 4.52 Å². The first kappa shape index (κ1) is 14.7. The second kappa shape index (κ2) is 6.66. The molecule has 0 aliphatic rings. The Labute approximate surface area is 120 Å². The van der Waals surface area contributed by atoms with Crippen LogP contribution in [0, 0.1) is 13.8 Å². The summed E-state index contributed by atoms with van der Waals surface area (Å²) < 4.78 is 5.31. The summed E-state index contributed by atoms with van der Waals surface area (Å²) in [6, 6.07) is 6.87. The van der Waals surface area contributed by atoms with Gasteiger partial charge in [0.2, 0.25) is 5.89 Å². The van der Waals surface area contributed by atoms with Gasteiger partial charge in [-0.25, -0.2) is 0 Å². The normalized spacial score (nSPS) is 12.6. The molecule has 0 radical (unpaired) electrons. The van der Waals surface area contributed by atoms with E-state index >= 15 is 0 Å². The Morgan fingerprint density at radius 1 is 1.20 bits per heavy atom. The van der Waals surface area contributed by atoms with Crippen LogP contribution in [0.3, 0.4) is 0 Å². The molecule has 0 amide bonds. The summed E-state index contributed by atoms with van der Waals surface area (Å²) in [5, 5.41) is 7.41. The van der Waals surface area contributed by atoms with Crippen LogP contribution in [-0.2, 0) is 12.8 Å². The first-order valence-electron chi connectivity index (χ1n) is 7.19. The quantitative estimate of drug-likeness (QED) is 0.879. The van der Waals surface area contributed by atoms with Crippen molar-refractivity contribution in [3.05, 3.63) is 46.6 Å². The number of nitrogens with one attached hydrogen (secondary N) is 1. The monoisotopic (exact) mass is 273 g/mol. The van der Waals surface area contributed by atoms with E-state index in [1.807, 2.05) is 0 Å². The van der Waals surface area contributed by atoms with Gasteiger partial charge < -0.3 is 9.84 Å². The topological polar surface area (TPSA) is 51.0 Å². The Morgan fingerprint density at radius 2 is 1.90 bits per heavy atom. The second-order valence-corrected chi connectivity index (χ2v) is 5.44. The van der Waals surface area contributed by atoms with Crippen LogP contribution in [0.25, 0.3) is 0 Å². The fourth-order valence-electron chi connectivity index (χ4n) is 2.48. The van der Waals surface area contributed by atoms with Crippen molar-refractivity contribution in [1.29, 1.82) is 0 Å². The molecule has 1 unspecified atom stereocenters. The molecule has 0 bridgehead atoms. The van der Waals surface area contributed by atoms with Crippen molar-refractivity contribution >= 4 is 0 Å². The molecule has 4 heteroatoms. The summed E-state index contributed by atoms with van der Waals surface area (Å²) in [5.74, 6) is 1.46. The van der Waals surface area contributed by atoms with E-state index in [1.54, 1.807) is 0 Å². The second-order valence-electron chi connectivity index (χ2n) is 5.44. The van der Waals surface area contributed by atoms with Gasteiger partial charge in [-0.3, -0.25) is 0 Å². The number of aryl methyl sites for hydroxylation is 2. The molecule has 0 aliphatic carbocycles. The maximum Gasteiger partial charge on any atom is 0.228 e. The summed E-state index contributed by atoms with van der Waals surface area (Å²) in [6.45, 7) is 9.38. The SMILES string of the molecule is CCNC(C)Cc1nc(Cc2cc(C)cc(C)c2)no1. The van der Waals surface area contributed by atoms with Gasteiger partial charge in [-0.05, 0) is 32.9 Å². The van der Waals surface area contributed by atoms with Crippen LogP contribution in [0.4, 0.5) is 0 Å². The largest absolute Gasteiger partial charge is 0.339 e. The fraction of sp³-hybridized carbons (Fsp3) is 0.500. The van der Waals surface area contributed by atoms with Crippen LogP contribution in [-0.4, -0.2) is 22.7 Å². The Kier molecular flexibility index (Phi) is 4.90. The van der Waals surface area contributed by atoms with Gasteiger partial charge in [0, 0.05) is 18.9 Å². The third-order valence-corrected chi connectivity index (χ3v) is 3.19. The van der Waals surface area contributed by atoms with Gasteiger partial charge in [-0.15, -0.1) is 0 Å². The summed E-state index contributed by atoms with van der Waals surface area (Å²) in [6.07, 6.45) is 1.50. The molecule has 1 heterocycles. The summed E-state index contributed by atoms with van der Waals surface area (Å²) in [5.41, 5.74) is 3.77. The summed E-state index contributed by atoms with van der Waals surface area (Å²) >= 11 is 0. The van der Waals surface area contributed by atoms with Crippen molar-refractivity contribution in [2.75, 3.05) is 6.54 Å². The van der Waals surface area contributed by atoms with Crippen molar-refractivity contribution in [2.24, 2.45) is 0 Å². The molecule has 108 valence electrons. The molecule has 4 nitrogen and oxygen atoms in total.